The Hall–Kier alpha value is -2.73. The number of primary amides is 1. The molecule has 0 saturated carbocycles. The van der Waals surface area contributed by atoms with Crippen LogP contribution in [-0.2, 0) is 24.0 Å². The van der Waals surface area contributed by atoms with E-state index < -0.39 is 47.8 Å². The van der Waals surface area contributed by atoms with E-state index in [1.54, 1.807) is 34.7 Å². The van der Waals surface area contributed by atoms with Crippen molar-refractivity contribution in [3.8, 4) is 0 Å². The van der Waals surface area contributed by atoms with Crippen molar-refractivity contribution in [2.45, 2.75) is 64.7 Å². The molecule has 0 fully saturated rings. The molecule has 0 aromatic heterocycles. The molecule has 4 atom stereocenters. The number of hydrogen-bond acceptors (Lipinski definition) is 7. The normalized spacial score (nSPS) is 14.4. The van der Waals surface area contributed by atoms with Gasteiger partial charge in [0.2, 0.25) is 29.5 Å². The maximum Gasteiger partial charge on any atom is 0.245 e. The number of nitrogens with zero attached hydrogens (tertiary/aromatic N) is 5. The van der Waals surface area contributed by atoms with Gasteiger partial charge in [0.25, 0.3) is 0 Å². The highest BCUT2D eigenvalue weighted by molar-refractivity contribution is 5.94. The summed E-state index contributed by atoms with van der Waals surface area (Å²) in [4.78, 5) is 70.6. The number of hydrogen-bond donors (Lipinski definition) is 2. The molecule has 208 valence electrons. The molecule has 0 heterocycles. The van der Waals surface area contributed by atoms with Crippen LogP contribution in [0.25, 0.3) is 0 Å². The fourth-order valence-electron chi connectivity index (χ4n) is 3.54. The van der Waals surface area contributed by atoms with Gasteiger partial charge in [-0.1, -0.05) is 0 Å². The molecular formula is C24H47N7O5. The Balaban J connectivity index is 5.34. The van der Waals surface area contributed by atoms with Crippen LogP contribution in [0.4, 0.5) is 0 Å². The lowest BCUT2D eigenvalue weighted by Crippen LogP contribution is -2.57. The minimum Gasteiger partial charge on any atom is -0.368 e. The third kappa shape index (κ3) is 9.73. The van der Waals surface area contributed by atoms with Crippen molar-refractivity contribution >= 4 is 29.5 Å². The predicted molar refractivity (Wildman–Crippen MR) is 139 cm³/mol. The van der Waals surface area contributed by atoms with Gasteiger partial charge in [0.15, 0.2) is 0 Å². The number of likely N-dealkylation sites (N-methyl/N-ethyl adjacent to an activating group) is 4. The SMILES string of the molecule is CN[C@@H](C)C(=O)N(C)[C@@H](C)C(=O)N(C)[C@@H](C)C(=O)N(C)[C@@H](C)C(=O)N(CCCCN(C)C)CC(N)=O. The molecule has 0 saturated heterocycles. The van der Waals surface area contributed by atoms with E-state index in [9.17, 15) is 24.0 Å². The predicted octanol–water partition coefficient (Wildman–Crippen LogP) is -1.21. The zero-order chi connectivity index (χ0) is 28.3. The number of nitrogens with one attached hydrogen (secondary N) is 1. The van der Waals surface area contributed by atoms with E-state index in [4.69, 9.17) is 5.73 Å². The smallest absolute Gasteiger partial charge is 0.245 e. The lowest BCUT2D eigenvalue weighted by atomic mass is 10.1. The first-order chi connectivity index (χ1) is 16.6. The van der Waals surface area contributed by atoms with Gasteiger partial charge in [0.1, 0.15) is 18.1 Å². The van der Waals surface area contributed by atoms with Crippen molar-refractivity contribution in [3.63, 3.8) is 0 Å². The second-order valence-electron chi connectivity index (χ2n) is 9.62. The molecular weight excluding hydrogens is 466 g/mol. The standard InChI is InChI=1S/C24H47N7O5/c1-16(26-5)21(33)28(8)17(2)22(34)29(9)18(3)23(35)30(10)19(4)24(36)31(15-20(25)32)14-12-11-13-27(6)7/h16-19,26H,11-15H2,1-10H3,(H2,25,32)/t16-,17-,18-,19-/m0/s1. The van der Waals surface area contributed by atoms with Crippen LogP contribution in [0.1, 0.15) is 40.5 Å². The van der Waals surface area contributed by atoms with E-state index in [0.29, 0.717) is 13.0 Å². The van der Waals surface area contributed by atoms with Crippen LogP contribution in [0.2, 0.25) is 0 Å². The Labute approximate surface area is 216 Å². The monoisotopic (exact) mass is 513 g/mol. The fourth-order valence-corrected chi connectivity index (χ4v) is 3.54. The van der Waals surface area contributed by atoms with E-state index in [1.165, 1.54) is 40.7 Å². The number of nitrogens with two attached hydrogens (primary N) is 1. The molecule has 5 amide bonds. The van der Waals surface area contributed by atoms with Crippen LogP contribution in [0.5, 0.6) is 0 Å². The second-order valence-corrected chi connectivity index (χ2v) is 9.62. The first kappa shape index (κ1) is 33.3. The molecule has 0 aromatic carbocycles. The van der Waals surface area contributed by atoms with Gasteiger partial charge >= 0.3 is 0 Å². The van der Waals surface area contributed by atoms with E-state index in [-0.39, 0.29) is 12.5 Å². The zero-order valence-corrected chi connectivity index (χ0v) is 23.7. The van der Waals surface area contributed by atoms with E-state index in [1.807, 2.05) is 19.0 Å². The summed E-state index contributed by atoms with van der Waals surface area (Å²) >= 11 is 0. The van der Waals surface area contributed by atoms with Crippen LogP contribution in [0.15, 0.2) is 0 Å². The summed E-state index contributed by atoms with van der Waals surface area (Å²) < 4.78 is 0. The number of carbonyl (C=O) groups is 5. The van der Waals surface area contributed by atoms with Gasteiger partial charge in [-0.25, -0.2) is 0 Å². The molecule has 0 aliphatic carbocycles. The van der Waals surface area contributed by atoms with Crippen LogP contribution < -0.4 is 11.1 Å². The molecule has 0 aliphatic rings. The summed E-state index contributed by atoms with van der Waals surface area (Å²) in [6, 6.07) is -2.99. The van der Waals surface area contributed by atoms with Crippen LogP contribution >= 0.6 is 0 Å². The van der Waals surface area contributed by atoms with Crippen LogP contribution in [-0.4, -0.2) is 140 Å². The molecule has 0 bridgehead atoms. The molecule has 3 N–H and O–H groups in total. The second kappa shape index (κ2) is 15.4. The average Bonchev–Trinajstić information content (AvgIpc) is 2.84. The van der Waals surface area contributed by atoms with Gasteiger partial charge in [-0.3, -0.25) is 24.0 Å². The number of unbranched alkanes of at least 4 members (excludes halogenated alkanes) is 1. The lowest BCUT2D eigenvalue weighted by Gasteiger charge is -2.35. The molecule has 12 heteroatoms. The first-order valence-electron chi connectivity index (χ1n) is 12.3. The largest absolute Gasteiger partial charge is 0.368 e. The highest BCUT2D eigenvalue weighted by atomic mass is 16.2. The Kier molecular flexibility index (Phi) is 14.2. The highest BCUT2D eigenvalue weighted by Gasteiger charge is 2.35. The maximum atomic E-state index is 13.2. The van der Waals surface area contributed by atoms with Crippen molar-refractivity contribution in [3.05, 3.63) is 0 Å². The summed E-state index contributed by atoms with van der Waals surface area (Å²) in [5.74, 6) is -2.12. The summed E-state index contributed by atoms with van der Waals surface area (Å²) in [7, 11) is 10.1. The van der Waals surface area contributed by atoms with Crippen molar-refractivity contribution < 1.29 is 24.0 Å². The van der Waals surface area contributed by atoms with E-state index >= 15 is 0 Å². The van der Waals surface area contributed by atoms with Gasteiger partial charge in [-0.15, -0.1) is 0 Å². The lowest BCUT2D eigenvalue weighted by molar-refractivity contribution is -0.152. The molecule has 0 aliphatic heterocycles. The quantitative estimate of drug-likeness (QED) is 0.262. The highest BCUT2D eigenvalue weighted by Crippen LogP contribution is 2.11. The first-order valence-corrected chi connectivity index (χ1v) is 12.3. The van der Waals surface area contributed by atoms with Gasteiger partial charge in [-0.05, 0) is 68.2 Å². The molecule has 36 heavy (non-hydrogen) atoms. The van der Waals surface area contributed by atoms with Crippen molar-refractivity contribution in [2.75, 3.05) is 61.9 Å². The van der Waals surface area contributed by atoms with Crippen molar-refractivity contribution in [2.24, 2.45) is 5.73 Å². The summed E-state index contributed by atoms with van der Waals surface area (Å²) in [5.41, 5.74) is 5.34. The van der Waals surface area contributed by atoms with Gasteiger partial charge in [0.05, 0.1) is 12.6 Å². The summed E-state index contributed by atoms with van der Waals surface area (Å²) in [5, 5.41) is 2.85. The summed E-state index contributed by atoms with van der Waals surface area (Å²) in [6.07, 6.45) is 1.52. The van der Waals surface area contributed by atoms with Crippen molar-refractivity contribution in [1.82, 2.24) is 29.8 Å². The molecule has 0 aromatic rings. The van der Waals surface area contributed by atoms with E-state index in [0.717, 1.165) is 13.0 Å². The zero-order valence-electron chi connectivity index (χ0n) is 23.7. The topological polar surface area (TPSA) is 140 Å². The Morgan fingerprint density at radius 3 is 1.44 bits per heavy atom. The van der Waals surface area contributed by atoms with Gasteiger partial charge in [0, 0.05) is 27.7 Å². The molecule has 0 rings (SSSR count). The van der Waals surface area contributed by atoms with Gasteiger partial charge < -0.3 is 35.6 Å². The van der Waals surface area contributed by atoms with Gasteiger partial charge in [-0.2, -0.15) is 0 Å². The molecule has 0 spiro atoms. The number of amides is 5. The fraction of sp³-hybridized carbons (Fsp3) is 0.792. The molecule has 12 nitrogen and oxygen atoms in total. The third-order valence-corrected chi connectivity index (χ3v) is 6.60. The Morgan fingerprint density at radius 2 is 1.06 bits per heavy atom. The maximum absolute atomic E-state index is 13.2. The Bertz CT molecular complexity index is 776. The van der Waals surface area contributed by atoms with Crippen LogP contribution in [0, 0.1) is 0 Å². The third-order valence-electron chi connectivity index (χ3n) is 6.60. The molecule has 0 radical (unpaired) electrons. The van der Waals surface area contributed by atoms with Crippen LogP contribution in [0.3, 0.4) is 0 Å². The minimum atomic E-state index is -0.880. The summed E-state index contributed by atoms with van der Waals surface area (Å²) in [6.45, 7) is 7.41. The average molecular weight is 514 g/mol. The van der Waals surface area contributed by atoms with Crippen molar-refractivity contribution in [1.29, 1.82) is 0 Å². The Morgan fingerprint density at radius 1 is 0.667 bits per heavy atom. The number of rotatable bonds is 15. The van der Waals surface area contributed by atoms with E-state index in [2.05, 4.69) is 5.32 Å². The molecule has 0 unspecified atom stereocenters. The minimum absolute atomic E-state index is 0.232. The number of carbonyl (C=O) groups excluding carboxylic acids is 5.